The Hall–Kier alpha value is -2.60. The van der Waals surface area contributed by atoms with E-state index >= 15 is 0 Å². The van der Waals surface area contributed by atoms with Crippen molar-refractivity contribution in [3.8, 4) is 6.07 Å². The highest BCUT2D eigenvalue weighted by molar-refractivity contribution is 5.89. The summed E-state index contributed by atoms with van der Waals surface area (Å²) in [7, 11) is 0. The van der Waals surface area contributed by atoms with E-state index in [0.717, 1.165) is 0 Å². The highest BCUT2D eigenvalue weighted by Gasteiger charge is 2.02. The molecular formula is C22H33NO2. The summed E-state index contributed by atoms with van der Waals surface area (Å²) in [6.07, 6.45) is 0. The molecule has 0 saturated carbocycles. The van der Waals surface area contributed by atoms with Gasteiger partial charge in [-0.3, -0.25) is 0 Å². The first-order valence-electron chi connectivity index (χ1n) is 8.95. The van der Waals surface area contributed by atoms with E-state index in [1.807, 2.05) is 84.0 Å². The lowest BCUT2D eigenvalue weighted by atomic mass is 10.2. The topological polar surface area (TPSA) is 50.1 Å². The minimum absolute atomic E-state index is 0.256. The van der Waals surface area contributed by atoms with Gasteiger partial charge in [-0.25, -0.2) is 4.79 Å². The summed E-state index contributed by atoms with van der Waals surface area (Å²) >= 11 is 0. The molecular weight excluding hydrogens is 310 g/mol. The van der Waals surface area contributed by atoms with Crippen molar-refractivity contribution in [1.29, 1.82) is 5.26 Å². The third-order valence-corrected chi connectivity index (χ3v) is 2.19. The second-order valence-corrected chi connectivity index (χ2v) is 3.56. The van der Waals surface area contributed by atoms with E-state index in [0.29, 0.717) is 17.7 Å². The SMILES string of the molecule is CC.CC.CC.CCOC(=O)c1ccccc1.N#Cc1ccccc1. The van der Waals surface area contributed by atoms with Gasteiger partial charge in [0.2, 0.25) is 0 Å². The first-order chi connectivity index (χ1) is 12.3. The van der Waals surface area contributed by atoms with Gasteiger partial charge in [0, 0.05) is 0 Å². The molecule has 0 fully saturated rings. The number of esters is 1. The molecule has 3 nitrogen and oxygen atoms in total. The van der Waals surface area contributed by atoms with Gasteiger partial charge in [-0.2, -0.15) is 5.26 Å². The molecule has 0 spiro atoms. The van der Waals surface area contributed by atoms with Crippen LogP contribution >= 0.6 is 0 Å². The van der Waals surface area contributed by atoms with Gasteiger partial charge in [-0.1, -0.05) is 77.9 Å². The fourth-order valence-electron chi connectivity index (χ4n) is 1.30. The largest absolute Gasteiger partial charge is 0.462 e. The Kier molecular flexibility index (Phi) is 25.8. The van der Waals surface area contributed by atoms with Gasteiger partial charge in [-0.15, -0.1) is 0 Å². The number of carbonyl (C=O) groups excluding carboxylic acids is 1. The monoisotopic (exact) mass is 343 g/mol. The van der Waals surface area contributed by atoms with Gasteiger partial charge >= 0.3 is 5.97 Å². The fourth-order valence-corrected chi connectivity index (χ4v) is 1.30. The van der Waals surface area contributed by atoms with Gasteiger partial charge in [0.05, 0.1) is 23.8 Å². The first-order valence-corrected chi connectivity index (χ1v) is 8.95. The van der Waals surface area contributed by atoms with Crippen molar-refractivity contribution < 1.29 is 9.53 Å². The number of nitriles is 1. The second-order valence-electron chi connectivity index (χ2n) is 3.56. The van der Waals surface area contributed by atoms with Crippen molar-refractivity contribution >= 4 is 5.97 Å². The molecule has 2 aromatic carbocycles. The smallest absolute Gasteiger partial charge is 0.338 e. The number of hydrogen-bond acceptors (Lipinski definition) is 3. The van der Waals surface area contributed by atoms with E-state index in [2.05, 4.69) is 0 Å². The molecule has 25 heavy (non-hydrogen) atoms. The van der Waals surface area contributed by atoms with Crippen LogP contribution in [0.25, 0.3) is 0 Å². The number of hydrogen-bond donors (Lipinski definition) is 0. The Bertz CT molecular complexity index is 531. The molecule has 0 atom stereocenters. The maximum Gasteiger partial charge on any atom is 0.338 e. The van der Waals surface area contributed by atoms with E-state index in [-0.39, 0.29) is 5.97 Å². The molecule has 0 heterocycles. The maximum atomic E-state index is 11.0. The van der Waals surface area contributed by atoms with Crippen molar-refractivity contribution in [2.75, 3.05) is 6.61 Å². The molecule has 0 radical (unpaired) electrons. The van der Waals surface area contributed by atoms with Crippen LogP contribution in [-0.2, 0) is 4.74 Å². The summed E-state index contributed by atoms with van der Waals surface area (Å²) in [6, 6.07) is 20.1. The molecule has 2 rings (SSSR count). The van der Waals surface area contributed by atoms with E-state index in [1.165, 1.54) is 0 Å². The Morgan fingerprint density at radius 2 is 1.24 bits per heavy atom. The lowest BCUT2D eigenvalue weighted by Crippen LogP contribution is -2.03. The Balaban J connectivity index is -0.000000305. The molecule has 0 aliphatic rings. The van der Waals surface area contributed by atoms with Crippen LogP contribution in [0, 0.1) is 11.3 Å². The van der Waals surface area contributed by atoms with Crippen LogP contribution in [0.2, 0.25) is 0 Å². The van der Waals surface area contributed by atoms with Gasteiger partial charge in [0.1, 0.15) is 0 Å². The normalized spacial score (nSPS) is 7.28. The molecule has 0 saturated heterocycles. The molecule has 0 aliphatic carbocycles. The van der Waals surface area contributed by atoms with Crippen molar-refractivity contribution in [1.82, 2.24) is 0 Å². The van der Waals surface area contributed by atoms with Gasteiger partial charge in [-0.05, 0) is 31.2 Å². The molecule has 0 unspecified atom stereocenters. The summed E-state index contributed by atoms with van der Waals surface area (Å²) in [4.78, 5) is 11.0. The van der Waals surface area contributed by atoms with E-state index in [1.54, 1.807) is 31.2 Å². The molecule has 138 valence electrons. The van der Waals surface area contributed by atoms with Crippen LogP contribution in [0.5, 0.6) is 0 Å². The number of ether oxygens (including phenoxy) is 1. The zero-order chi connectivity index (χ0) is 19.9. The van der Waals surface area contributed by atoms with Gasteiger partial charge < -0.3 is 4.74 Å². The Morgan fingerprint density at radius 1 is 0.840 bits per heavy atom. The standard InChI is InChI=1S/C9H10O2.C7H5N.3C2H6/c1-2-11-9(10)8-6-4-3-5-7-8;8-6-7-4-2-1-3-5-7;3*1-2/h3-7H,2H2,1H3;1-5H;3*1-2H3. The lowest BCUT2D eigenvalue weighted by molar-refractivity contribution is 0.0526. The number of nitrogens with zero attached hydrogens (tertiary/aromatic N) is 1. The third kappa shape index (κ3) is 16.1. The van der Waals surface area contributed by atoms with E-state index < -0.39 is 0 Å². The molecule has 0 aliphatic heterocycles. The highest BCUT2D eigenvalue weighted by Crippen LogP contribution is 2.00. The Labute approximate surface area is 154 Å². The number of benzene rings is 2. The van der Waals surface area contributed by atoms with Crippen molar-refractivity contribution in [2.24, 2.45) is 0 Å². The van der Waals surface area contributed by atoms with Crippen LogP contribution in [0.15, 0.2) is 60.7 Å². The highest BCUT2D eigenvalue weighted by atomic mass is 16.5. The van der Waals surface area contributed by atoms with Crippen LogP contribution < -0.4 is 0 Å². The number of carbonyl (C=O) groups is 1. The molecule has 0 bridgehead atoms. The minimum atomic E-state index is -0.256. The molecule has 0 N–H and O–H groups in total. The summed E-state index contributed by atoms with van der Waals surface area (Å²) in [5, 5.41) is 8.29. The van der Waals surface area contributed by atoms with E-state index in [4.69, 9.17) is 10.00 Å². The van der Waals surface area contributed by atoms with Gasteiger partial charge in [0.15, 0.2) is 0 Å². The number of rotatable bonds is 2. The summed E-state index contributed by atoms with van der Waals surface area (Å²) < 4.78 is 4.79. The summed E-state index contributed by atoms with van der Waals surface area (Å²) in [6.45, 7) is 14.2. The first kappa shape index (κ1) is 27.3. The summed E-state index contributed by atoms with van der Waals surface area (Å²) in [5.41, 5.74) is 1.32. The molecule has 2 aromatic rings. The molecule has 3 heteroatoms. The van der Waals surface area contributed by atoms with Crippen molar-refractivity contribution in [3.63, 3.8) is 0 Å². The quantitative estimate of drug-likeness (QED) is 0.585. The zero-order valence-corrected chi connectivity index (χ0v) is 16.7. The molecule has 0 aromatic heterocycles. The van der Waals surface area contributed by atoms with Crippen LogP contribution in [0.4, 0.5) is 0 Å². The van der Waals surface area contributed by atoms with Crippen molar-refractivity contribution in [2.45, 2.75) is 48.5 Å². The lowest BCUT2D eigenvalue weighted by Gasteiger charge is -1.99. The van der Waals surface area contributed by atoms with Crippen LogP contribution in [0.3, 0.4) is 0 Å². The second kappa shape index (κ2) is 23.7. The average molecular weight is 344 g/mol. The fraction of sp³-hybridized carbons (Fsp3) is 0.364. The zero-order valence-electron chi connectivity index (χ0n) is 16.7. The predicted molar refractivity (Wildman–Crippen MR) is 108 cm³/mol. The van der Waals surface area contributed by atoms with Crippen LogP contribution in [-0.4, -0.2) is 12.6 Å². The Morgan fingerprint density at radius 3 is 1.56 bits per heavy atom. The van der Waals surface area contributed by atoms with Crippen LogP contribution in [0.1, 0.15) is 64.4 Å². The van der Waals surface area contributed by atoms with E-state index in [9.17, 15) is 4.79 Å². The average Bonchev–Trinajstić information content (AvgIpc) is 2.74. The van der Waals surface area contributed by atoms with Crippen molar-refractivity contribution in [3.05, 3.63) is 71.8 Å². The van der Waals surface area contributed by atoms with Gasteiger partial charge in [0.25, 0.3) is 0 Å². The maximum absolute atomic E-state index is 11.0. The predicted octanol–water partition coefficient (Wildman–Crippen LogP) is 6.50. The third-order valence-electron chi connectivity index (χ3n) is 2.19. The summed E-state index contributed by atoms with van der Waals surface area (Å²) in [5.74, 6) is -0.256. The molecule has 0 amide bonds. The minimum Gasteiger partial charge on any atom is -0.462 e.